The van der Waals surface area contributed by atoms with Gasteiger partial charge in [0, 0.05) is 0 Å². The molecule has 1 nitrogen and oxygen atoms in total. The fraction of sp³-hybridized carbons (Fsp3) is 0.200. The second-order valence-electron chi connectivity index (χ2n) is 2.58. The van der Waals surface area contributed by atoms with E-state index in [1.165, 1.54) is 0 Å². The van der Waals surface area contributed by atoms with E-state index >= 15 is 0 Å². The van der Waals surface area contributed by atoms with Gasteiger partial charge < -0.3 is 5.11 Å². The van der Waals surface area contributed by atoms with Gasteiger partial charge in [0.1, 0.15) is 0 Å². The fourth-order valence-corrected chi connectivity index (χ4v) is 0.897. The molecule has 0 aliphatic carbocycles. The maximum atomic E-state index is 9.15. The van der Waals surface area contributed by atoms with Crippen molar-refractivity contribution in [1.29, 1.82) is 0 Å². The van der Waals surface area contributed by atoms with E-state index in [2.05, 4.69) is 0 Å². The third-order valence-electron chi connectivity index (χ3n) is 1.75. The van der Waals surface area contributed by atoms with E-state index in [9.17, 15) is 0 Å². The smallest absolute Gasteiger partial charge is 0.0926 e. The minimum Gasteiger partial charge on any atom is -0.512 e. The highest BCUT2D eigenvalue weighted by atomic mass is 16.3. The summed E-state index contributed by atoms with van der Waals surface area (Å²) in [5.41, 5.74) is 2.01. The van der Waals surface area contributed by atoms with Gasteiger partial charge in [-0.2, -0.15) is 0 Å². The number of allylic oxidation sites excluding steroid dienone is 2. The van der Waals surface area contributed by atoms with Crippen LogP contribution in [0.3, 0.4) is 0 Å². The van der Waals surface area contributed by atoms with E-state index in [0.717, 1.165) is 11.1 Å². The molecule has 0 unspecified atom stereocenters. The summed E-state index contributed by atoms with van der Waals surface area (Å²) in [6.07, 6.45) is 0. The van der Waals surface area contributed by atoms with Crippen molar-refractivity contribution in [2.24, 2.45) is 0 Å². The molecule has 0 aliphatic heterocycles. The molecule has 0 saturated carbocycles. The van der Waals surface area contributed by atoms with Crippen LogP contribution in [-0.2, 0) is 0 Å². The first kappa shape index (κ1) is 7.86. The summed E-state index contributed by atoms with van der Waals surface area (Å²) >= 11 is 0. The van der Waals surface area contributed by atoms with Gasteiger partial charge in [-0.15, -0.1) is 0 Å². The zero-order valence-electron chi connectivity index (χ0n) is 6.83. The summed E-state index contributed by atoms with van der Waals surface area (Å²) in [6.45, 7) is 3.60. The molecule has 1 aromatic carbocycles. The van der Waals surface area contributed by atoms with Crippen LogP contribution >= 0.6 is 0 Å². The summed E-state index contributed by atoms with van der Waals surface area (Å²) in [7, 11) is 0. The highest BCUT2D eigenvalue weighted by Gasteiger charge is 1.96. The molecule has 0 aliphatic rings. The average molecular weight is 148 g/mol. The Hall–Kier alpha value is -1.24. The predicted octanol–water partition coefficient (Wildman–Crippen LogP) is 3.00. The number of benzene rings is 1. The van der Waals surface area contributed by atoms with Crippen molar-refractivity contribution in [3.05, 3.63) is 41.7 Å². The molecule has 0 radical (unpaired) electrons. The van der Waals surface area contributed by atoms with Crippen molar-refractivity contribution in [3.8, 4) is 0 Å². The third kappa shape index (κ3) is 1.84. The van der Waals surface area contributed by atoms with E-state index < -0.39 is 0 Å². The van der Waals surface area contributed by atoms with E-state index in [-0.39, 0.29) is 0 Å². The van der Waals surface area contributed by atoms with Crippen molar-refractivity contribution in [2.45, 2.75) is 13.8 Å². The summed E-state index contributed by atoms with van der Waals surface area (Å²) in [5, 5.41) is 9.15. The third-order valence-corrected chi connectivity index (χ3v) is 1.75. The maximum Gasteiger partial charge on any atom is 0.0926 e. The van der Waals surface area contributed by atoms with E-state index in [0.29, 0.717) is 5.76 Å². The lowest BCUT2D eigenvalue weighted by atomic mass is 10.1. The Morgan fingerprint density at radius 1 is 1.09 bits per heavy atom. The molecule has 0 fully saturated rings. The normalized spacial score (nSPS) is 12.5. The Morgan fingerprint density at radius 2 is 1.64 bits per heavy atom. The molecule has 1 N–H and O–H groups in total. The first-order valence-corrected chi connectivity index (χ1v) is 3.63. The Bertz CT molecular complexity index is 255. The predicted molar refractivity (Wildman–Crippen MR) is 47.3 cm³/mol. The largest absolute Gasteiger partial charge is 0.512 e. The molecule has 1 aromatic rings. The van der Waals surface area contributed by atoms with Crippen LogP contribution in [0.2, 0.25) is 0 Å². The summed E-state index contributed by atoms with van der Waals surface area (Å²) in [4.78, 5) is 0. The maximum absolute atomic E-state index is 9.15. The molecule has 0 spiro atoms. The summed E-state index contributed by atoms with van der Waals surface area (Å²) < 4.78 is 0. The molecule has 0 bridgehead atoms. The molecule has 0 atom stereocenters. The number of hydrogen-bond acceptors (Lipinski definition) is 1. The van der Waals surface area contributed by atoms with Gasteiger partial charge in [-0.3, -0.25) is 0 Å². The standard InChI is InChI=1S/C10H12O/c1-8(9(2)11)10-6-4-3-5-7-10/h3-7,11H,1-2H3/b9-8+. The Balaban J connectivity index is 3.04. The monoisotopic (exact) mass is 148 g/mol. The molecule has 0 heterocycles. The van der Waals surface area contributed by atoms with E-state index in [1.54, 1.807) is 6.92 Å². The lowest BCUT2D eigenvalue weighted by Crippen LogP contribution is -1.82. The Kier molecular flexibility index (Phi) is 2.32. The van der Waals surface area contributed by atoms with Crippen molar-refractivity contribution in [1.82, 2.24) is 0 Å². The van der Waals surface area contributed by atoms with Crippen molar-refractivity contribution in [2.75, 3.05) is 0 Å². The van der Waals surface area contributed by atoms with Crippen LogP contribution in [0.5, 0.6) is 0 Å². The molecule has 1 heteroatoms. The van der Waals surface area contributed by atoms with Gasteiger partial charge in [0.15, 0.2) is 0 Å². The van der Waals surface area contributed by atoms with Crippen LogP contribution in [0.15, 0.2) is 36.1 Å². The Labute approximate surface area is 67.0 Å². The van der Waals surface area contributed by atoms with E-state index in [1.807, 2.05) is 37.3 Å². The van der Waals surface area contributed by atoms with E-state index in [4.69, 9.17) is 5.11 Å². The van der Waals surface area contributed by atoms with Crippen LogP contribution in [0.25, 0.3) is 5.57 Å². The van der Waals surface area contributed by atoms with Gasteiger partial charge in [0.2, 0.25) is 0 Å². The van der Waals surface area contributed by atoms with Crippen molar-refractivity contribution in [3.63, 3.8) is 0 Å². The lowest BCUT2D eigenvalue weighted by molar-refractivity contribution is 0.416. The first-order chi connectivity index (χ1) is 5.22. The zero-order valence-corrected chi connectivity index (χ0v) is 6.83. The van der Waals surface area contributed by atoms with Crippen LogP contribution in [0.1, 0.15) is 19.4 Å². The van der Waals surface area contributed by atoms with Crippen molar-refractivity contribution >= 4 is 5.57 Å². The molecule has 0 aromatic heterocycles. The Morgan fingerprint density at radius 3 is 2.09 bits per heavy atom. The van der Waals surface area contributed by atoms with Gasteiger partial charge in [-0.05, 0) is 25.0 Å². The minimum atomic E-state index is 0.385. The number of aliphatic hydroxyl groups is 1. The molecule has 11 heavy (non-hydrogen) atoms. The quantitative estimate of drug-likeness (QED) is 0.607. The second kappa shape index (κ2) is 3.24. The van der Waals surface area contributed by atoms with Crippen LogP contribution in [-0.4, -0.2) is 5.11 Å². The van der Waals surface area contributed by atoms with Gasteiger partial charge in [0.25, 0.3) is 0 Å². The van der Waals surface area contributed by atoms with Gasteiger partial charge in [0.05, 0.1) is 5.76 Å². The number of aliphatic hydroxyl groups excluding tert-OH is 1. The SMILES string of the molecule is C/C(O)=C(/C)c1ccccc1. The minimum absolute atomic E-state index is 0.385. The molecule has 1 rings (SSSR count). The topological polar surface area (TPSA) is 20.2 Å². The van der Waals surface area contributed by atoms with Crippen LogP contribution in [0.4, 0.5) is 0 Å². The fourth-order valence-electron chi connectivity index (χ4n) is 0.897. The second-order valence-corrected chi connectivity index (χ2v) is 2.58. The number of rotatable bonds is 1. The zero-order chi connectivity index (χ0) is 8.27. The highest BCUT2D eigenvalue weighted by Crippen LogP contribution is 2.15. The lowest BCUT2D eigenvalue weighted by Gasteiger charge is -2.00. The van der Waals surface area contributed by atoms with Gasteiger partial charge >= 0.3 is 0 Å². The molecule has 0 saturated heterocycles. The first-order valence-electron chi connectivity index (χ1n) is 3.63. The summed E-state index contributed by atoms with van der Waals surface area (Å²) in [6, 6.07) is 9.84. The number of hydrogen-bond donors (Lipinski definition) is 1. The molecular weight excluding hydrogens is 136 g/mol. The highest BCUT2D eigenvalue weighted by molar-refractivity contribution is 5.64. The average Bonchev–Trinajstić information content (AvgIpc) is 2.05. The van der Waals surface area contributed by atoms with Crippen molar-refractivity contribution < 1.29 is 5.11 Å². The van der Waals surface area contributed by atoms with Crippen LogP contribution < -0.4 is 0 Å². The molecule has 58 valence electrons. The van der Waals surface area contributed by atoms with Gasteiger partial charge in [-0.1, -0.05) is 30.3 Å². The van der Waals surface area contributed by atoms with Crippen LogP contribution in [0, 0.1) is 0 Å². The summed E-state index contributed by atoms with van der Waals surface area (Å²) in [5.74, 6) is 0.385. The molecular formula is C10H12O. The van der Waals surface area contributed by atoms with Gasteiger partial charge in [-0.25, -0.2) is 0 Å². The molecule has 0 amide bonds.